The first-order valence-corrected chi connectivity index (χ1v) is 7.84. The highest BCUT2D eigenvalue weighted by atomic mass is 79.9. The second-order valence-electron chi connectivity index (χ2n) is 4.55. The van der Waals surface area contributed by atoms with Crippen LogP contribution >= 0.6 is 31.9 Å². The van der Waals surface area contributed by atoms with Gasteiger partial charge < -0.3 is 4.74 Å². The van der Waals surface area contributed by atoms with Crippen molar-refractivity contribution in [2.45, 2.75) is 18.2 Å². The molecule has 2 aromatic carbocycles. The minimum atomic E-state index is 0.263. The molecule has 0 amide bonds. The molecule has 100 valence electrons. The van der Waals surface area contributed by atoms with Gasteiger partial charge in [-0.05, 0) is 42.7 Å². The van der Waals surface area contributed by atoms with E-state index in [1.807, 2.05) is 12.1 Å². The number of alkyl halides is 1. The number of ether oxygens (including phenoxy) is 1. The van der Waals surface area contributed by atoms with Crippen LogP contribution in [0.1, 0.15) is 21.5 Å². The topological polar surface area (TPSA) is 9.23 Å². The minimum Gasteiger partial charge on any atom is -0.497 e. The maximum atomic E-state index is 5.29. The highest BCUT2D eigenvalue weighted by Crippen LogP contribution is 2.35. The van der Waals surface area contributed by atoms with E-state index in [-0.39, 0.29) is 4.83 Å². The van der Waals surface area contributed by atoms with E-state index in [1.165, 1.54) is 16.7 Å². The molecule has 0 spiro atoms. The Kier molecular flexibility index (Phi) is 5.06. The van der Waals surface area contributed by atoms with Crippen LogP contribution in [0.4, 0.5) is 0 Å². The summed E-state index contributed by atoms with van der Waals surface area (Å²) in [6.07, 6.45) is 0.952. The van der Waals surface area contributed by atoms with Crippen LogP contribution in [0.3, 0.4) is 0 Å². The van der Waals surface area contributed by atoms with Crippen LogP contribution in [-0.4, -0.2) is 7.11 Å². The van der Waals surface area contributed by atoms with Crippen LogP contribution in [0.2, 0.25) is 0 Å². The lowest BCUT2D eigenvalue weighted by Crippen LogP contribution is -1.98. The van der Waals surface area contributed by atoms with Crippen molar-refractivity contribution in [2.24, 2.45) is 0 Å². The molecule has 0 heterocycles. The summed E-state index contributed by atoms with van der Waals surface area (Å²) in [5, 5.41) is 0. The number of aryl methyl sites for hydroxylation is 1. The van der Waals surface area contributed by atoms with Gasteiger partial charge in [-0.25, -0.2) is 0 Å². The van der Waals surface area contributed by atoms with Crippen LogP contribution in [0.15, 0.2) is 46.9 Å². The molecule has 0 aliphatic carbocycles. The smallest absolute Gasteiger partial charge is 0.119 e. The Morgan fingerprint density at radius 3 is 2.63 bits per heavy atom. The van der Waals surface area contributed by atoms with Gasteiger partial charge in [0.05, 0.1) is 7.11 Å². The van der Waals surface area contributed by atoms with Crippen LogP contribution < -0.4 is 4.74 Å². The lowest BCUT2D eigenvalue weighted by molar-refractivity contribution is 0.414. The summed E-state index contributed by atoms with van der Waals surface area (Å²) in [5.41, 5.74) is 3.83. The monoisotopic (exact) mass is 382 g/mol. The molecule has 3 heteroatoms. The van der Waals surface area contributed by atoms with Crippen molar-refractivity contribution in [1.29, 1.82) is 0 Å². The van der Waals surface area contributed by atoms with Gasteiger partial charge in [-0.15, -0.1) is 0 Å². The Hall–Kier alpha value is -0.800. The fourth-order valence-corrected chi connectivity index (χ4v) is 3.63. The maximum Gasteiger partial charge on any atom is 0.119 e. The van der Waals surface area contributed by atoms with Gasteiger partial charge in [-0.2, -0.15) is 0 Å². The highest BCUT2D eigenvalue weighted by Gasteiger charge is 2.13. The second-order valence-corrected chi connectivity index (χ2v) is 6.51. The predicted molar refractivity (Wildman–Crippen MR) is 87.2 cm³/mol. The van der Waals surface area contributed by atoms with Crippen molar-refractivity contribution in [3.8, 4) is 5.75 Å². The molecular formula is C16H16Br2O. The number of halogens is 2. The van der Waals surface area contributed by atoms with Gasteiger partial charge in [0.1, 0.15) is 5.75 Å². The van der Waals surface area contributed by atoms with E-state index in [9.17, 15) is 0 Å². The Morgan fingerprint density at radius 2 is 1.95 bits per heavy atom. The molecule has 0 fully saturated rings. The van der Waals surface area contributed by atoms with Crippen molar-refractivity contribution in [1.82, 2.24) is 0 Å². The molecule has 2 rings (SSSR count). The minimum absolute atomic E-state index is 0.263. The number of methoxy groups -OCH3 is 1. The van der Waals surface area contributed by atoms with E-state index < -0.39 is 0 Å². The van der Waals surface area contributed by atoms with Crippen LogP contribution in [-0.2, 0) is 6.42 Å². The average Bonchev–Trinajstić information content (AvgIpc) is 2.39. The highest BCUT2D eigenvalue weighted by molar-refractivity contribution is 9.11. The average molecular weight is 384 g/mol. The second kappa shape index (κ2) is 6.58. The Bertz CT molecular complexity index is 566. The number of rotatable bonds is 4. The lowest BCUT2D eigenvalue weighted by Gasteiger charge is -2.14. The van der Waals surface area contributed by atoms with Gasteiger partial charge in [0, 0.05) is 9.30 Å². The molecule has 1 unspecified atom stereocenters. The van der Waals surface area contributed by atoms with Crippen LogP contribution in [0.25, 0.3) is 0 Å². The molecule has 0 saturated carbocycles. The summed E-state index contributed by atoms with van der Waals surface area (Å²) in [7, 11) is 1.69. The molecule has 0 aliphatic rings. The zero-order valence-electron chi connectivity index (χ0n) is 11.0. The standard InChI is InChI=1S/C16H16Br2O/c1-11-4-3-5-12(8-11)9-16(18)14-10-13(19-2)6-7-15(14)17/h3-8,10,16H,9H2,1-2H3. The van der Waals surface area contributed by atoms with Gasteiger partial charge in [-0.3, -0.25) is 0 Å². The number of hydrogen-bond donors (Lipinski definition) is 0. The third-order valence-corrected chi connectivity index (χ3v) is 4.58. The van der Waals surface area contributed by atoms with E-state index >= 15 is 0 Å². The summed E-state index contributed by atoms with van der Waals surface area (Å²) >= 11 is 7.38. The molecule has 2 aromatic rings. The Balaban J connectivity index is 2.22. The Labute approximate surface area is 131 Å². The first-order valence-electron chi connectivity index (χ1n) is 6.13. The summed E-state index contributed by atoms with van der Waals surface area (Å²) in [6.45, 7) is 2.12. The molecular weight excluding hydrogens is 368 g/mol. The predicted octanol–water partition coefficient (Wildman–Crippen LogP) is 5.44. The lowest BCUT2D eigenvalue weighted by atomic mass is 10.0. The SMILES string of the molecule is COc1ccc(Br)c(C(Br)Cc2cccc(C)c2)c1. The van der Waals surface area contributed by atoms with Crippen molar-refractivity contribution < 1.29 is 4.74 Å². The van der Waals surface area contributed by atoms with E-state index in [4.69, 9.17) is 4.74 Å². The van der Waals surface area contributed by atoms with Gasteiger partial charge in [-0.1, -0.05) is 61.7 Å². The molecule has 0 saturated heterocycles. The molecule has 1 atom stereocenters. The molecule has 0 aliphatic heterocycles. The molecule has 1 nitrogen and oxygen atoms in total. The molecule has 0 aromatic heterocycles. The number of benzene rings is 2. The van der Waals surface area contributed by atoms with Crippen molar-refractivity contribution in [3.05, 3.63) is 63.6 Å². The van der Waals surface area contributed by atoms with E-state index in [0.717, 1.165) is 16.6 Å². The summed E-state index contributed by atoms with van der Waals surface area (Å²) in [6, 6.07) is 14.7. The van der Waals surface area contributed by atoms with Gasteiger partial charge in [0.25, 0.3) is 0 Å². The third-order valence-electron chi connectivity index (χ3n) is 3.04. The number of hydrogen-bond acceptors (Lipinski definition) is 1. The maximum absolute atomic E-state index is 5.29. The quantitative estimate of drug-likeness (QED) is 0.638. The summed E-state index contributed by atoms with van der Waals surface area (Å²) in [4.78, 5) is 0.263. The van der Waals surface area contributed by atoms with Gasteiger partial charge in [0.15, 0.2) is 0 Å². The van der Waals surface area contributed by atoms with Crippen molar-refractivity contribution >= 4 is 31.9 Å². The zero-order valence-corrected chi connectivity index (χ0v) is 14.2. The van der Waals surface area contributed by atoms with E-state index in [1.54, 1.807) is 7.11 Å². The zero-order chi connectivity index (χ0) is 13.8. The first-order chi connectivity index (χ1) is 9.10. The fraction of sp³-hybridized carbons (Fsp3) is 0.250. The largest absolute Gasteiger partial charge is 0.497 e. The third kappa shape index (κ3) is 3.83. The Morgan fingerprint density at radius 1 is 1.16 bits per heavy atom. The molecule has 0 bridgehead atoms. The van der Waals surface area contributed by atoms with Crippen LogP contribution in [0.5, 0.6) is 5.75 Å². The molecule has 0 N–H and O–H groups in total. The normalized spacial score (nSPS) is 12.2. The van der Waals surface area contributed by atoms with E-state index in [2.05, 4.69) is 69.1 Å². The van der Waals surface area contributed by atoms with Gasteiger partial charge in [0.2, 0.25) is 0 Å². The van der Waals surface area contributed by atoms with Gasteiger partial charge >= 0.3 is 0 Å². The first kappa shape index (κ1) is 14.6. The van der Waals surface area contributed by atoms with Crippen molar-refractivity contribution in [2.75, 3.05) is 7.11 Å². The molecule has 19 heavy (non-hydrogen) atoms. The van der Waals surface area contributed by atoms with E-state index in [0.29, 0.717) is 0 Å². The molecule has 0 radical (unpaired) electrons. The summed E-state index contributed by atoms with van der Waals surface area (Å²) in [5.74, 6) is 0.881. The fourth-order valence-electron chi connectivity index (χ4n) is 2.04. The van der Waals surface area contributed by atoms with Crippen LogP contribution in [0, 0.1) is 6.92 Å². The summed E-state index contributed by atoms with van der Waals surface area (Å²) < 4.78 is 6.39. The van der Waals surface area contributed by atoms with Crippen molar-refractivity contribution in [3.63, 3.8) is 0 Å².